The molecule has 0 aliphatic carbocycles. The number of anilines is 1. The van der Waals surface area contributed by atoms with Crippen LogP contribution in [0.4, 0.5) is 5.69 Å². The van der Waals surface area contributed by atoms with Crippen LogP contribution < -0.4 is 10.1 Å². The molecule has 4 heteroatoms. The summed E-state index contributed by atoms with van der Waals surface area (Å²) in [4.78, 5) is 0. The predicted molar refractivity (Wildman–Crippen MR) is 92.8 cm³/mol. The van der Waals surface area contributed by atoms with E-state index in [1.54, 1.807) is 0 Å². The minimum atomic E-state index is 0.406. The van der Waals surface area contributed by atoms with E-state index < -0.39 is 0 Å². The van der Waals surface area contributed by atoms with Gasteiger partial charge < -0.3 is 10.1 Å². The van der Waals surface area contributed by atoms with E-state index in [4.69, 9.17) is 4.74 Å². The molecule has 2 heterocycles. The van der Waals surface area contributed by atoms with E-state index in [-0.39, 0.29) is 0 Å². The number of fused-ring (bicyclic) bond motifs is 1. The van der Waals surface area contributed by atoms with Gasteiger partial charge in [-0.2, -0.15) is 0 Å². The van der Waals surface area contributed by atoms with Crippen molar-refractivity contribution in [1.82, 2.24) is 0 Å². The van der Waals surface area contributed by atoms with E-state index in [0.29, 0.717) is 11.3 Å². The summed E-state index contributed by atoms with van der Waals surface area (Å²) in [6.07, 6.45) is 2.20. The van der Waals surface area contributed by atoms with Crippen LogP contribution in [0.15, 0.2) is 39.9 Å². The largest absolute Gasteiger partial charge is 0.494 e. The van der Waals surface area contributed by atoms with Gasteiger partial charge in [0.25, 0.3) is 0 Å². The molecule has 21 heavy (non-hydrogen) atoms. The summed E-state index contributed by atoms with van der Waals surface area (Å²) < 4.78 is 7.18. The molecule has 1 aromatic heterocycles. The molecular weight excluding hydrogens is 298 g/mol. The minimum Gasteiger partial charge on any atom is -0.494 e. The van der Waals surface area contributed by atoms with Crippen LogP contribution in [0.1, 0.15) is 38.3 Å². The fourth-order valence-corrected chi connectivity index (χ4v) is 5.15. The fraction of sp³-hybridized carbons (Fsp3) is 0.412. The molecule has 1 aromatic carbocycles. The SMILES string of the molecule is CCCOc1cccc(NC2C[C@H](C)Sc3sccc32)c1. The van der Waals surface area contributed by atoms with Crippen LogP contribution in [0.25, 0.3) is 0 Å². The molecule has 3 rings (SSSR count). The first-order chi connectivity index (χ1) is 10.3. The van der Waals surface area contributed by atoms with Gasteiger partial charge in [-0.05, 0) is 42.0 Å². The van der Waals surface area contributed by atoms with Crippen LogP contribution in [-0.2, 0) is 0 Å². The number of thioether (sulfide) groups is 1. The Hall–Kier alpha value is -1.13. The lowest BCUT2D eigenvalue weighted by molar-refractivity contribution is 0.317. The van der Waals surface area contributed by atoms with Crippen molar-refractivity contribution >= 4 is 28.8 Å². The molecule has 2 nitrogen and oxygen atoms in total. The molecule has 1 aliphatic heterocycles. The van der Waals surface area contributed by atoms with Crippen molar-refractivity contribution in [1.29, 1.82) is 0 Å². The van der Waals surface area contributed by atoms with Gasteiger partial charge in [-0.1, -0.05) is 19.9 Å². The highest BCUT2D eigenvalue weighted by Crippen LogP contribution is 2.45. The van der Waals surface area contributed by atoms with Gasteiger partial charge >= 0.3 is 0 Å². The lowest BCUT2D eigenvalue weighted by Crippen LogP contribution is -2.18. The lowest BCUT2D eigenvalue weighted by Gasteiger charge is -2.28. The zero-order chi connectivity index (χ0) is 14.7. The van der Waals surface area contributed by atoms with Gasteiger partial charge in [0.2, 0.25) is 0 Å². The monoisotopic (exact) mass is 319 g/mol. The van der Waals surface area contributed by atoms with Crippen molar-refractivity contribution in [2.45, 2.75) is 42.2 Å². The smallest absolute Gasteiger partial charge is 0.121 e. The van der Waals surface area contributed by atoms with Crippen molar-refractivity contribution in [3.8, 4) is 5.75 Å². The maximum Gasteiger partial charge on any atom is 0.121 e. The van der Waals surface area contributed by atoms with Crippen LogP contribution in [0, 0.1) is 0 Å². The molecule has 1 aliphatic rings. The minimum absolute atomic E-state index is 0.406. The van der Waals surface area contributed by atoms with Crippen LogP contribution in [0.3, 0.4) is 0 Å². The first-order valence-corrected chi connectivity index (χ1v) is 9.25. The average Bonchev–Trinajstić information content (AvgIpc) is 2.94. The van der Waals surface area contributed by atoms with Crippen LogP contribution in [0.5, 0.6) is 5.75 Å². The Kier molecular flexibility index (Phi) is 4.76. The second kappa shape index (κ2) is 6.75. The molecule has 1 unspecified atom stereocenters. The number of nitrogens with one attached hydrogen (secondary N) is 1. The van der Waals surface area contributed by atoms with Gasteiger partial charge in [0, 0.05) is 17.0 Å². The maximum absolute atomic E-state index is 5.72. The molecule has 0 saturated heterocycles. The van der Waals surface area contributed by atoms with Gasteiger partial charge in [-0.25, -0.2) is 0 Å². The molecule has 0 saturated carbocycles. The Balaban J connectivity index is 1.75. The van der Waals surface area contributed by atoms with E-state index in [1.165, 1.54) is 9.77 Å². The number of rotatable bonds is 5. The molecule has 2 aromatic rings. The Morgan fingerprint density at radius 1 is 1.33 bits per heavy atom. The van der Waals surface area contributed by atoms with E-state index in [9.17, 15) is 0 Å². The van der Waals surface area contributed by atoms with Crippen molar-refractivity contribution in [3.63, 3.8) is 0 Å². The Bertz CT molecular complexity index is 596. The van der Waals surface area contributed by atoms with Gasteiger partial charge in [-0.15, -0.1) is 23.1 Å². The van der Waals surface area contributed by atoms with Crippen molar-refractivity contribution < 1.29 is 4.74 Å². The Morgan fingerprint density at radius 3 is 3.10 bits per heavy atom. The number of hydrogen-bond donors (Lipinski definition) is 1. The quantitative estimate of drug-likeness (QED) is 0.778. The summed E-state index contributed by atoms with van der Waals surface area (Å²) in [5, 5.41) is 6.54. The van der Waals surface area contributed by atoms with Crippen molar-refractivity contribution in [2.75, 3.05) is 11.9 Å². The third-order valence-corrected chi connectivity index (χ3v) is 5.90. The van der Waals surface area contributed by atoms with E-state index >= 15 is 0 Å². The fourth-order valence-electron chi connectivity index (χ4n) is 2.58. The normalized spacial score (nSPS) is 20.9. The summed E-state index contributed by atoms with van der Waals surface area (Å²) in [5.41, 5.74) is 2.59. The van der Waals surface area contributed by atoms with Crippen molar-refractivity contribution in [3.05, 3.63) is 41.3 Å². The highest BCUT2D eigenvalue weighted by atomic mass is 32.2. The van der Waals surface area contributed by atoms with Gasteiger partial charge in [0.05, 0.1) is 16.9 Å². The first-order valence-electron chi connectivity index (χ1n) is 7.49. The van der Waals surface area contributed by atoms with Crippen LogP contribution in [-0.4, -0.2) is 11.9 Å². The van der Waals surface area contributed by atoms with Gasteiger partial charge in [-0.3, -0.25) is 0 Å². The average molecular weight is 319 g/mol. The van der Waals surface area contributed by atoms with E-state index in [0.717, 1.165) is 30.9 Å². The Labute approximate surface area is 134 Å². The lowest BCUT2D eigenvalue weighted by atomic mass is 10.0. The van der Waals surface area contributed by atoms with Gasteiger partial charge in [0.15, 0.2) is 0 Å². The summed E-state index contributed by atoms with van der Waals surface area (Å²) in [6, 6.07) is 11.0. The first kappa shape index (κ1) is 14.8. The van der Waals surface area contributed by atoms with Gasteiger partial charge in [0.1, 0.15) is 5.75 Å². The number of hydrogen-bond acceptors (Lipinski definition) is 4. The highest BCUT2D eigenvalue weighted by molar-refractivity contribution is 8.01. The predicted octanol–water partition coefficient (Wildman–Crippen LogP) is 5.57. The number of ether oxygens (including phenoxy) is 1. The molecule has 0 amide bonds. The van der Waals surface area contributed by atoms with E-state index in [1.807, 2.05) is 29.2 Å². The summed E-state index contributed by atoms with van der Waals surface area (Å²) in [5.74, 6) is 0.950. The molecule has 1 N–H and O–H groups in total. The zero-order valence-corrected chi connectivity index (χ0v) is 14.1. The summed E-state index contributed by atoms with van der Waals surface area (Å²) in [7, 11) is 0. The van der Waals surface area contributed by atoms with E-state index in [2.05, 4.69) is 48.8 Å². The molecule has 2 atom stereocenters. The topological polar surface area (TPSA) is 21.3 Å². The Morgan fingerprint density at radius 2 is 2.24 bits per heavy atom. The summed E-state index contributed by atoms with van der Waals surface area (Å²) in [6.45, 7) is 5.21. The van der Waals surface area contributed by atoms with Crippen molar-refractivity contribution in [2.24, 2.45) is 0 Å². The molecule has 0 radical (unpaired) electrons. The molecule has 0 spiro atoms. The second-order valence-electron chi connectivity index (χ2n) is 5.40. The second-order valence-corrected chi connectivity index (χ2v) is 8.02. The number of benzene rings is 1. The molecular formula is C17H21NOS2. The maximum atomic E-state index is 5.72. The molecule has 112 valence electrons. The number of thiophene rings is 1. The summed E-state index contributed by atoms with van der Waals surface area (Å²) >= 11 is 3.86. The third kappa shape index (κ3) is 3.55. The highest BCUT2D eigenvalue weighted by Gasteiger charge is 2.26. The third-order valence-electron chi connectivity index (χ3n) is 3.56. The molecule has 0 bridgehead atoms. The van der Waals surface area contributed by atoms with Crippen LogP contribution >= 0.6 is 23.1 Å². The standard InChI is InChI=1S/C17H21NOS2/c1-3-8-19-14-6-4-5-13(11-14)18-16-10-12(2)21-17-15(16)7-9-20-17/h4-7,9,11-12,16,18H,3,8,10H2,1-2H3/t12-,16?/m0/s1. The molecule has 0 fully saturated rings. The van der Waals surface area contributed by atoms with Crippen LogP contribution in [0.2, 0.25) is 0 Å². The zero-order valence-electron chi connectivity index (χ0n) is 12.5.